The van der Waals surface area contributed by atoms with Crippen LogP contribution in [0.15, 0.2) is 53.4 Å². The number of amides is 2. The van der Waals surface area contributed by atoms with Gasteiger partial charge in [0.15, 0.2) is 0 Å². The number of benzene rings is 2. The fraction of sp³-hybridized carbons (Fsp3) is 0.235. The van der Waals surface area contributed by atoms with Gasteiger partial charge in [0.1, 0.15) is 4.90 Å². The van der Waals surface area contributed by atoms with Crippen LogP contribution in [-0.2, 0) is 16.6 Å². The third-order valence-corrected chi connectivity index (χ3v) is 6.06. The quantitative estimate of drug-likeness (QED) is 0.940. The molecule has 4 rings (SSSR count). The Bertz CT molecular complexity index is 871. The summed E-state index contributed by atoms with van der Waals surface area (Å²) in [5.74, 6) is 0.651. The number of para-hydroxylation sites is 1. The minimum atomic E-state index is -3.82. The fourth-order valence-electron chi connectivity index (χ4n) is 2.83. The van der Waals surface area contributed by atoms with E-state index in [1.165, 1.54) is 24.5 Å². The second-order valence-electron chi connectivity index (χ2n) is 5.95. The van der Waals surface area contributed by atoms with E-state index < -0.39 is 16.1 Å². The number of hydrogen-bond donors (Lipinski definition) is 1. The van der Waals surface area contributed by atoms with E-state index in [9.17, 15) is 13.2 Å². The van der Waals surface area contributed by atoms with Gasteiger partial charge < -0.3 is 5.32 Å². The van der Waals surface area contributed by atoms with E-state index in [1.54, 1.807) is 18.2 Å². The highest BCUT2D eigenvalue weighted by Gasteiger charge is 2.36. The Balaban J connectivity index is 1.64. The van der Waals surface area contributed by atoms with Crippen molar-refractivity contribution in [2.24, 2.45) is 0 Å². The second kappa shape index (κ2) is 5.09. The number of sulfonamides is 1. The first-order chi connectivity index (χ1) is 11.1. The van der Waals surface area contributed by atoms with Crippen LogP contribution in [0.2, 0.25) is 0 Å². The molecule has 0 aromatic heterocycles. The van der Waals surface area contributed by atoms with E-state index in [4.69, 9.17) is 0 Å². The van der Waals surface area contributed by atoms with Crippen molar-refractivity contribution in [2.45, 2.75) is 30.2 Å². The number of carbonyl (C=O) groups excluding carboxylic acids is 1. The summed E-state index contributed by atoms with van der Waals surface area (Å²) in [6, 6.07) is 13.7. The lowest BCUT2D eigenvalue weighted by Crippen LogP contribution is -2.43. The Kier molecular flexibility index (Phi) is 3.16. The van der Waals surface area contributed by atoms with Crippen molar-refractivity contribution in [1.29, 1.82) is 0 Å². The van der Waals surface area contributed by atoms with E-state index in [-0.39, 0.29) is 11.4 Å². The van der Waals surface area contributed by atoms with Gasteiger partial charge in [-0.05, 0) is 42.0 Å². The van der Waals surface area contributed by atoms with Gasteiger partial charge in [-0.25, -0.2) is 17.5 Å². The maximum absolute atomic E-state index is 12.7. The molecule has 1 aliphatic heterocycles. The molecule has 1 fully saturated rings. The summed E-state index contributed by atoms with van der Waals surface area (Å²) in [6.45, 7) is 0.0352. The van der Waals surface area contributed by atoms with Crippen LogP contribution in [0, 0.1) is 0 Å². The molecule has 0 radical (unpaired) electrons. The molecule has 1 heterocycles. The van der Waals surface area contributed by atoms with Crippen LogP contribution in [-0.4, -0.2) is 18.8 Å². The Morgan fingerprint density at radius 1 is 1.04 bits per heavy atom. The maximum Gasteiger partial charge on any atom is 0.336 e. The third-order valence-electron chi connectivity index (χ3n) is 4.28. The molecule has 0 atom stereocenters. The van der Waals surface area contributed by atoms with Gasteiger partial charge in [-0.2, -0.15) is 0 Å². The molecular formula is C17H16N2O3S. The lowest BCUT2D eigenvalue weighted by atomic mass is 10.1. The Morgan fingerprint density at radius 2 is 1.74 bits per heavy atom. The van der Waals surface area contributed by atoms with Gasteiger partial charge in [-0.15, -0.1) is 0 Å². The first-order valence-electron chi connectivity index (χ1n) is 7.57. The fourth-order valence-corrected chi connectivity index (χ4v) is 4.30. The van der Waals surface area contributed by atoms with E-state index >= 15 is 0 Å². The Hall–Kier alpha value is -2.34. The molecule has 6 heteroatoms. The molecule has 23 heavy (non-hydrogen) atoms. The van der Waals surface area contributed by atoms with Gasteiger partial charge >= 0.3 is 6.03 Å². The molecular weight excluding hydrogens is 312 g/mol. The summed E-state index contributed by atoms with van der Waals surface area (Å²) in [6.07, 6.45) is 2.44. The minimum absolute atomic E-state index is 0.0352. The first-order valence-corrected chi connectivity index (χ1v) is 9.01. The molecule has 0 spiro atoms. The number of anilines is 1. The Labute approximate surface area is 135 Å². The SMILES string of the molecule is O=C1Nc2ccccc2S(=O)(=O)N1Cc1ccc(C2CC2)cc1. The molecule has 1 N–H and O–H groups in total. The van der Waals surface area contributed by atoms with Crippen molar-refractivity contribution in [1.82, 2.24) is 4.31 Å². The molecule has 0 bridgehead atoms. The number of nitrogens with zero attached hydrogens (tertiary/aromatic N) is 1. The van der Waals surface area contributed by atoms with Crippen LogP contribution in [0.5, 0.6) is 0 Å². The third kappa shape index (κ3) is 2.49. The maximum atomic E-state index is 12.7. The number of urea groups is 1. The number of hydrogen-bond acceptors (Lipinski definition) is 3. The van der Waals surface area contributed by atoms with Crippen LogP contribution < -0.4 is 5.32 Å². The summed E-state index contributed by atoms with van der Waals surface area (Å²) >= 11 is 0. The normalized spacial score (nSPS) is 19.1. The molecule has 1 saturated carbocycles. The molecule has 2 aromatic rings. The molecule has 2 amide bonds. The van der Waals surface area contributed by atoms with Crippen molar-refractivity contribution in [3.05, 3.63) is 59.7 Å². The summed E-state index contributed by atoms with van der Waals surface area (Å²) < 4.78 is 26.2. The highest BCUT2D eigenvalue weighted by atomic mass is 32.2. The highest BCUT2D eigenvalue weighted by molar-refractivity contribution is 7.90. The van der Waals surface area contributed by atoms with E-state index in [0.29, 0.717) is 11.6 Å². The highest BCUT2D eigenvalue weighted by Crippen LogP contribution is 2.40. The smallest absolute Gasteiger partial charge is 0.306 e. The minimum Gasteiger partial charge on any atom is -0.306 e. The zero-order valence-corrected chi connectivity index (χ0v) is 13.2. The molecule has 5 nitrogen and oxygen atoms in total. The molecule has 118 valence electrons. The van der Waals surface area contributed by atoms with Crippen molar-refractivity contribution < 1.29 is 13.2 Å². The Morgan fingerprint density at radius 3 is 2.43 bits per heavy atom. The summed E-state index contributed by atoms with van der Waals surface area (Å²) in [7, 11) is -3.82. The van der Waals surface area contributed by atoms with Crippen LogP contribution in [0.1, 0.15) is 29.9 Å². The van der Waals surface area contributed by atoms with Gasteiger partial charge in [0.2, 0.25) is 0 Å². The van der Waals surface area contributed by atoms with Crippen molar-refractivity contribution in [3.8, 4) is 0 Å². The number of carbonyl (C=O) groups is 1. The number of rotatable bonds is 3. The number of nitrogens with one attached hydrogen (secondary N) is 1. The standard InChI is InChI=1S/C17H16N2O3S/c20-17-18-15-3-1-2-4-16(15)23(21,22)19(17)11-12-5-7-13(8-6-12)14-9-10-14/h1-8,14H,9-11H2,(H,18,20). The van der Waals surface area contributed by atoms with E-state index in [0.717, 1.165) is 9.87 Å². The monoisotopic (exact) mass is 328 g/mol. The van der Waals surface area contributed by atoms with Crippen molar-refractivity contribution in [3.63, 3.8) is 0 Å². The van der Waals surface area contributed by atoms with Crippen molar-refractivity contribution >= 4 is 21.7 Å². The zero-order chi connectivity index (χ0) is 16.0. The van der Waals surface area contributed by atoms with E-state index in [1.807, 2.05) is 24.3 Å². The predicted molar refractivity (Wildman–Crippen MR) is 86.6 cm³/mol. The van der Waals surface area contributed by atoms with Crippen LogP contribution >= 0.6 is 0 Å². The molecule has 2 aliphatic rings. The summed E-state index contributed by atoms with van der Waals surface area (Å²) in [5.41, 5.74) is 2.41. The topological polar surface area (TPSA) is 66.5 Å². The number of fused-ring (bicyclic) bond motifs is 1. The summed E-state index contributed by atoms with van der Waals surface area (Å²) in [5, 5.41) is 2.63. The predicted octanol–water partition coefficient (Wildman–Crippen LogP) is 3.30. The average molecular weight is 328 g/mol. The molecule has 2 aromatic carbocycles. The first kappa shape index (κ1) is 14.3. The summed E-state index contributed by atoms with van der Waals surface area (Å²) in [4.78, 5) is 12.3. The molecule has 0 unspecified atom stereocenters. The zero-order valence-electron chi connectivity index (χ0n) is 12.4. The van der Waals surface area contributed by atoms with Gasteiger partial charge in [0, 0.05) is 0 Å². The van der Waals surface area contributed by atoms with E-state index in [2.05, 4.69) is 5.32 Å². The van der Waals surface area contributed by atoms with Gasteiger partial charge in [0.05, 0.1) is 12.2 Å². The van der Waals surface area contributed by atoms with Gasteiger partial charge in [-0.3, -0.25) is 0 Å². The van der Waals surface area contributed by atoms with Crippen molar-refractivity contribution in [2.75, 3.05) is 5.32 Å². The van der Waals surface area contributed by atoms with Crippen LogP contribution in [0.4, 0.5) is 10.5 Å². The average Bonchev–Trinajstić information content (AvgIpc) is 3.37. The van der Waals surface area contributed by atoms with Gasteiger partial charge in [0.25, 0.3) is 10.0 Å². The molecule has 1 aliphatic carbocycles. The van der Waals surface area contributed by atoms with Crippen LogP contribution in [0.3, 0.4) is 0 Å². The lowest BCUT2D eigenvalue weighted by molar-refractivity contribution is 0.233. The van der Waals surface area contributed by atoms with Gasteiger partial charge in [-0.1, -0.05) is 36.4 Å². The lowest BCUT2D eigenvalue weighted by Gasteiger charge is -2.28. The van der Waals surface area contributed by atoms with Crippen LogP contribution in [0.25, 0.3) is 0 Å². The molecule has 0 saturated heterocycles. The second-order valence-corrected chi connectivity index (χ2v) is 7.78. The largest absolute Gasteiger partial charge is 0.336 e.